The third-order valence-corrected chi connectivity index (χ3v) is 4.97. The van der Waals surface area contributed by atoms with Gasteiger partial charge in [0.05, 0.1) is 6.54 Å². The highest BCUT2D eigenvalue weighted by Gasteiger charge is 2.34. The standard InChI is InChI=1S/C19H25N5O2/c1-14(24-10-6-9-21-24)19(26)22(2)13-18(25)23-11-16(17(20)12-23)15-7-4-3-5-8-15/h3-10,14,16-17H,11-13,20H2,1-2H3/t14?,16-,17+/m0/s1. The number of aromatic nitrogens is 2. The fourth-order valence-electron chi connectivity index (χ4n) is 3.41. The van der Waals surface area contributed by atoms with Crippen molar-refractivity contribution in [2.45, 2.75) is 24.9 Å². The lowest BCUT2D eigenvalue weighted by molar-refractivity contribution is -0.140. The van der Waals surface area contributed by atoms with Crippen LogP contribution < -0.4 is 5.73 Å². The summed E-state index contributed by atoms with van der Waals surface area (Å²) in [7, 11) is 1.64. The molecule has 1 aliphatic rings. The molecule has 3 atom stereocenters. The van der Waals surface area contributed by atoms with Crippen LogP contribution in [-0.2, 0) is 9.59 Å². The third kappa shape index (κ3) is 3.77. The third-order valence-electron chi connectivity index (χ3n) is 4.97. The molecule has 3 rings (SSSR count). The first-order valence-corrected chi connectivity index (χ1v) is 8.79. The van der Waals surface area contributed by atoms with E-state index in [0.717, 1.165) is 5.56 Å². The predicted molar refractivity (Wildman–Crippen MR) is 98.3 cm³/mol. The summed E-state index contributed by atoms with van der Waals surface area (Å²) in [6.07, 6.45) is 3.37. The van der Waals surface area contributed by atoms with Crippen LogP contribution in [0.1, 0.15) is 24.4 Å². The minimum Gasteiger partial charge on any atom is -0.339 e. The lowest BCUT2D eigenvalue weighted by Crippen LogP contribution is -2.43. The van der Waals surface area contributed by atoms with Crippen LogP contribution >= 0.6 is 0 Å². The zero-order valence-corrected chi connectivity index (χ0v) is 15.2. The molecular formula is C19H25N5O2. The van der Waals surface area contributed by atoms with Crippen molar-refractivity contribution in [3.8, 4) is 0 Å². The van der Waals surface area contributed by atoms with Crippen LogP contribution in [0.15, 0.2) is 48.8 Å². The summed E-state index contributed by atoms with van der Waals surface area (Å²) in [6.45, 7) is 2.90. The molecule has 1 aromatic heterocycles. The van der Waals surface area contributed by atoms with E-state index in [2.05, 4.69) is 5.10 Å². The second-order valence-electron chi connectivity index (χ2n) is 6.84. The Hall–Kier alpha value is -2.67. The van der Waals surface area contributed by atoms with E-state index in [0.29, 0.717) is 13.1 Å². The number of rotatable bonds is 5. The maximum atomic E-state index is 12.6. The number of benzene rings is 1. The Morgan fingerprint density at radius 3 is 2.65 bits per heavy atom. The molecule has 2 amide bonds. The van der Waals surface area contributed by atoms with E-state index in [1.807, 2.05) is 30.3 Å². The van der Waals surface area contributed by atoms with Crippen molar-refractivity contribution in [1.82, 2.24) is 19.6 Å². The lowest BCUT2D eigenvalue weighted by atomic mass is 9.95. The van der Waals surface area contributed by atoms with Crippen molar-refractivity contribution in [1.29, 1.82) is 0 Å². The second-order valence-corrected chi connectivity index (χ2v) is 6.84. The molecule has 1 unspecified atom stereocenters. The van der Waals surface area contributed by atoms with Gasteiger partial charge in [0.2, 0.25) is 11.8 Å². The zero-order chi connectivity index (χ0) is 18.7. The monoisotopic (exact) mass is 355 g/mol. The van der Waals surface area contributed by atoms with Crippen molar-refractivity contribution >= 4 is 11.8 Å². The normalized spacial score (nSPS) is 20.8. The van der Waals surface area contributed by atoms with Crippen LogP contribution in [0.4, 0.5) is 0 Å². The molecule has 7 nitrogen and oxygen atoms in total. The molecule has 1 saturated heterocycles. The van der Waals surface area contributed by atoms with Gasteiger partial charge in [-0.05, 0) is 18.6 Å². The van der Waals surface area contributed by atoms with Crippen molar-refractivity contribution < 1.29 is 9.59 Å². The molecule has 0 spiro atoms. The first-order chi connectivity index (χ1) is 12.5. The summed E-state index contributed by atoms with van der Waals surface area (Å²) >= 11 is 0. The molecule has 0 aliphatic carbocycles. The number of amides is 2. The van der Waals surface area contributed by atoms with Crippen LogP contribution in [-0.4, -0.2) is 64.1 Å². The van der Waals surface area contributed by atoms with Gasteiger partial charge in [0.1, 0.15) is 6.04 Å². The first kappa shape index (κ1) is 18.1. The molecule has 138 valence electrons. The van der Waals surface area contributed by atoms with Crippen LogP contribution in [0.5, 0.6) is 0 Å². The summed E-state index contributed by atoms with van der Waals surface area (Å²) in [5.74, 6) is -0.100. The van der Waals surface area contributed by atoms with E-state index in [1.165, 1.54) is 4.90 Å². The maximum Gasteiger partial charge on any atom is 0.247 e. The van der Waals surface area contributed by atoms with Gasteiger partial charge in [-0.25, -0.2) is 0 Å². The average molecular weight is 355 g/mol. The predicted octanol–water partition coefficient (Wildman–Crippen LogP) is 0.856. The van der Waals surface area contributed by atoms with E-state index in [-0.39, 0.29) is 30.3 Å². The molecule has 1 fully saturated rings. The molecule has 2 N–H and O–H groups in total. The molecule has 7 heteroatoms. The second kappa shape index (κ2) is 7.70. The van der Waals surface area contributed by atoms with Crippen molar-refractivity contribution in [3.63, 3.8) is 0 Å². The Bertz CT molecular complexity index is 747. The number of nitrogens with zero attached hydrogens (tertiary/aromatic N) is 4. The first-order valence-electron chi connectivity index (χ1n) is 8.79. The highest BCUT2D eigenvalue weighted by molar-refractivity contribution is 5.86. The maximum absolute atomic E-state index is 12.6. The minimum absolute atomic E-state index is 0.0403. The van der Waals surface area contributed by atoms with Crippen LogP contribution in [0.2, 0.25) is 0 Å². The van der Waals surface area contributed by atoms with E-state index < -0.39 is 6.04 Å². The van der Waals surface area contributed by atoms with Crippen LogP contribution in [0.25, 0.3) is 0 Å². The van der Waals surface area contributed by atoms with Crippen molar-refractivity contribution in [2.75, 3.05) is 26.7 Å². The summed E-state index contributed by atoms with van der Waals surface area (Å²) in [6, 6.07) is 11.2. The SMILES string of the molecule is CC(C(=O)N(C)CC(=O)N1C[C@@H](N)[C@H](c2ccccc2)C1)n1cccn1. The zero-order valence-electron chi connectivity index (χ0n) is 15.2. The fourth-order valence-corrected chi connectivity index (χ4v) is 3.41. The molecule has 0 saturated carbocycles. The van der Waals surface area contributed by atoms with Gasteiger partial charge in [-0.3, -0.25) is 14.3 Å². The van der Waals surface area contributed by atoms with Gasteiger partial charge in [0.25, 0.3) is 0 Å². The number of likely N-dealkylation sites (N-methyl/N-ethyl adjacent to an activating group) is 1. The summed E-state index contributed by atoms with van der Waals surface area (Å²) in [4.78, 5) is 28.4. The fraction of sp³-hybridized carbons (Fsp3) is 0.421. The van der Waals surface area contributed by atoms with Gasteiger partial charge in [0.15, 0.2) is 0 Å². The molecule has 2 heterocycles. The Morgan fingerprint density at radius 2 is 2.00 bits per heavy atom. The van der Waals surface area contributed by atoms with Crippen LogP contribution in [0, 0.1) is 0 Å². The van der Waals surface area contributed by atoms with Gasteiger partial charge >= 0.3 is 0 Å². The lowest BCUT2D eigenvalue weighted by Gasteiger charge is -2.24. The topological polar surface area (TPSA) is 84.5 Å². The number of nitrogens with two attached hydrogens (primary N) is 1. The van der Waals surface area contributed by atoms with Gasteiger partial charge in [-0.2, -0.15) is 5.10 Å². The molecule has 0 radical (unpaired) electrons. The number of carbonyl (C=O) groups is 2. The van der Waals surface area contributed by atoms with E-state index in [9.17, 15) is 9.59 Å². The van der Waals surface area contributed by atoms with E-state index >= 15 is 0 Å². The summed E-state index contributed by atoms with van der Waals surface area (Å²) in [5, 5.41) is 4.09. The molecule has 1 aromatic carbocycles. The Labute approximate surface area is 153 Å². The van der Waals surface area contributed by atoms with E-state index in [1.54, 1.807) is 42.0 Å². The van der Waals surface area contributed by atoms with Crippen molar-refractivity contribution in [2.24, 2.45) is 5.73 Å². The van der Waals surface area contributed by atoms with Gasteiger partial charge in [-0.15, -0.1) is 0 Å². The average Bonchev–Trinajstić information content (AvgIpc) is 3.31. The van der Waals surface area contributed by atoms with Gasteiger partial charge in [0, 0.05) is 44.5 Å². The largest absolute Gasteiger partial charge is 0.339 e. The van der Waals surface area contributed by atoms with Crippen molar-refractivity contribution in [3.05, 3.63) is 54.4 Å². The highest BCUT2D eigenvalue weighted by Crippen LogP contribution is 2.26. The number of carbonyl (C=O) groups excluding carboxylic acids is 2. The molecule has 26 heavy (non-hydrogen) atoms. The highest BCUT2D eigenvalue weighted by atomic mass is 16.2. The van der Waals surface area contributed by atoms with Gasteiger partial charge < -0.3 is 15.5 Å². The van der Waals surface area contributed by atoms with E-state index in [4.69, 9.17) is 5.73 Å². The number of likely N-dealkylation sites (tertiary alicyclic amines) is 1. The Balaban J connectivity index is 1.59. The molecular weight excluding hydrogens is 330 g/mol. The number of hydrogen-bond donors (Lipinski definition) is 1. The van der Waals surface area contributed by atoms with Crippen LogP contribution in [0.3, 0.4) is 0 Å². The molecule has 2 aromatic rings. The molecule has 1 aliphatic heterocycles. The molecule has 0 bridgehead atoms. The Morgan fingerprint density at radius 1 is 1.27 bits per heavy atom. The van der Waals surface area contributed by atoms with Gasteiger partial charge in [-0.1, -0.05) is 30.3 Å². The smallest absolute Gasteiger partial charge is 0.247 e. The number of hydrogen-bond acceptors (Lipinski definition) is 4. The Kier molecular flexibility index (Phi) is 5.37. The summed E-state index contributed by atoms with van der Waals surface area (Å²) < 4.78 is 1.58. The summed E-state index contributed by atoms with van der Waals surface area (Å²) in [5.41, 5.74) is 7.40. The quantitative estimate of drug-likeness (QED) is 0.862. The minimum atomic E-state index is -0.444.